The lowest BCUT2D eigenvalue weighted by atomic mass is 10.1. The van der Waals surface area contributed by atoms with Crippen LogP contribution in [0, 0.1) is 6.92 Å². The van der Waals surface area contributed by atoms with Gasteiger partial charge < -0.3 is 5.32 Å². The molecule has 0 saturated carbocycles. The molecule has 0 aliphatic rings. The van der Waals surface area contributed by atoms with Crippen molar-refractivity contribution in [1.29, 1.82) is 0 Å². The Bertz CT molecular complexity index is 1010. The summed E-state index contributed by atoms with van der Waals surface area (Å²) in [7, 11) is 0. The summed E-state index contributed by atoms with van der Waals surface area (Å²) >= 11 is 0. The summed E-state index contributed by atoms with van der Waals surface area (Å²) in [6, 6.07) is 20.2. The van der Waals surface area contributed by atoms with Crippen molar-refractivity contribution in [3.63, 3.8) is 0 Å². The number of anilines is 1. The maximum Gasteiger partial charge on any atom is 0.162 e. The van der Waals surface area contributed by atoms with Crippen LogP contribution in [0.2, 0.25) is 0 Å². The smallest absolute Gasteiger partial charge is 0.162 e. The lowest BCUT2D eigenvalue weighted by molar-refractivity contribution is 1.07. The van der Waals surface area contributed by atoms with Crippen LogP contribution in [-0.4, -0.2) is 15.0 Å². The lowest BCUT2D eigenvalue weighted by Crippen LogP contribution is -2.05. The predicted molar refractivity (Wildman–Crippen MR) is 101 cm³/mol. The van der Waals surface area contributed by atoms with Gasteiger partial charge >= 0.3 is 0 Å². The summed E-state index contributed by atoms with van der Waals surface area (Å²) < 4.78 is 0. The SMILES string of the molecule is Cc1cnccc1CNc1nc(-c2ccccc2)nc2ccccc12. The van der Waals surface area contributed by atoms with Crippen molar-refractivity contribution in [2.45, 2.75) is 13.5 Å². The van der Waals surface area contributed by atoms with Crippen LogP contribution < -0.4 is 5.32 Å². The largest absolute Gasteiger partial charge is 0.365 e. The second-order valence-electron chi connectivity index (χ2n) is 5.93. The fourth-order valence-electron chi connectivity index (χ4n) is 2.81. The molecule has 0 saturated heterocycles. The number of pyridine rings is 1. The number of hydrogen-bond donors (Lipinski definition) is 1. The minimum Gasteiger partial charge on any atom is -0.365 e. The first kappa shape index (κ1) is 15.3. The number of fused-ring (bicyclic) bond motifs is 1. The quantitative estimate of drug-likeness (QED) is 0.595. The molecule has 0 atom stereocenters. The Morgan fingerprint density at radius 2 is 1.68 bits per heavy atom. The van der Waals surface area contributed by atoms with Gasteiger partial charge in [-0.25, -0.2) is 9.97 Å². The normalized spacial score (nSPS) is 10.8. The van der Waals surface area contributed by atoms with Crippen LogP contribution in [0.15, 0.2) is 73.1 Å². The standard InChI is InChI=1S/C21H18N4/c1-15-13-22-12-11-17(15)14-23-21-18-9-5-6-10-19(18)24-20(25-21)16-7-3-2-4-8-16/h2-13H,14H2,1H3,(H,23,24,25). The summed E-state index contributed by atoms with van der Waals surface area (Å²) in [5, 5.41) is 4.50. The number of nitrogens with zero attached hydrogens (tertiary/aromatic N) is 3. The first-order valence-corrected chi connectivity index (χ1v) is 8.27. The van der Waals surface area contributed by atoms with Crippen molar-refractivity contribution in [2.24, 2.45) is 0 Å². The molecule has 0 bridgehead atoms. The molecule has 122 valence electrons. The Morgan fingerprint density at radius 1 is 0.880 bits per heavy atom. The Kier molecular flexibility index (Phi) is 4.09. The minimum absolute atomic E-state index is 0.698. The van der Waals surface area contributed by atoms with E-state index >= 15 is 0 Å². The highest BCUT2D eigenvalue weighted by Gasteiger charge is 2.09. The summed E-state index contributed by atoms with van der Waals surface area (Å²) in [6.07, 6.45) is 3.70. The topological polar surface area (TPSA) is 50.7 Å². The van der Waals surface area contributed by atoms with Crippen LogP contribution in [0.25, 0.3) is 22.3 Å². The van der Waals surface area contributed by atoms with Crippen LogP contribution in [-0.2, 0) is 6.54 Å². The highest BCUT2D eigenvalue weighted by atomic mass is 15.0. The second kappa shape index (κ2) is 6.69. The van der Waals surface area contributed by atoms with Crippen molar-refractivity contribution in [3.8, 4) is 11.4 Å². The van der Waals surface area contributed by atoms with Gasteiger partial charge in [0.15, 0.2) is 5.82 Å². The summed E-state index contributed by atoms with van der Waals surface area (Å²) in [6.45, 7) is 2.76. The number of nitrogens with one attached hydrogen (secondary N) is 1. The summed E-state index contributed by atoms with van der Waals surface area (Å²) in [5.41, 5.74) is 4.32. The van der Waals surface area contributed by atoms with E-state index in [2.05, 4.69) is 17.2 Å². The molecule has 0 aliphatic heterocycles. The second-order valence-corrected chi connectivity index (χ2v) is 5.93. The molecule has 1 N–H and O–H groups in total. The Morgan fingerprint density at radius 3 is 2.52 bits per heavy atom. The van der Waals surface area contributed by atoms with Gasteiger partial charge in [0.05, 0.1) is 5.52 Å². The van der Waals surface area contributed by atoms with Gasteiger partial charge in [-0.15, -0.1) is 0 Å². The van der Waals surface area contributed by atoms with Crippen molar-refractivity contribution >= 4 is 16.7 Å². The van der Waals surface area contributed by atoms with Crippen LogP contribution in [0.5, 0.6) is 0 Å². The molecular weight excluding hydrogens is 308 g/mol. The predicted octanol–water partition coefficient (Wildman–Crippen LogP) is 4.61. The number of benzene rings is 2. The van der Waals surface area contributed by atoms with Crippen molar-refractivity contribution < 1.29 is 0 Å². The van der Waals surface area contributed by atoms with Crippen LogP contribution in [0.1, 0.15) is 11.1 Å². The zero-order valence-corrected chi connectivity index (χ0v) is 14.0. The lowest BCUT2D eigenvalue weighted by Gasteiger charge is -2.12. The molecule has 4 nitrogen and oxygen atoms in total. The molecule has 2 aromatic carbocycles. The molecule has 0 fully saturated rings. The van der Waals surface area contributed by atoms with E-state index in [1.54, 1.807) is 0 Å². The monoisotopic (exact) mass is 326 g/mol. The molecule has 25 heavy (non-hydrogen) atoms. The van der Waals surface area contributed by atoms with E-state index in [4.69, 9.17) is 9.97 Å². The van der Waals surface area contributed by atoms with Gasteiger partial charge in [0.1, 0.15) is 5.82 Å². The molecular formula is C21H18N4. The third-order valence-corrected chi connectivity index (χ3v) is 4.22. The van der Waals surface area contributed by atoms with Crippen LogP contribution >= 0.6 is 0 Å². The molecule has 2 heterocycles. The van der Waals surface area contributed by atoms with Gasteiger partial charge in [-0.2, -0.15) is 0 Å². The highest BCUT2D eigenvalue weighted by Crippen LogP contribution is 2.25. The van der Waals surface area contributed by atoms with Gasteiger partial charge in [-0.1, -0.05) is 42.5 Å². The maximum absolute atomic E-state index is 4.78. The zero-order chi connectivity index (χ0) is 17.1. The molecule has 2 aromatic heterocycles. The fraction of sp³-hybridized carbons (Fsp3) is 0.0952. The van der Waals surface area contributed by atoms with Crippen LogP contribution in [0.4, 0.5) is 5.82 Å². The van der Waals surface area contributed by atoms with Crippen LogP contribution in [0.3, 0.4) is 0 Å². The van der Waals surface area contributed by atoms with Crippen molar-refractivity contribution in [2.75, 3.05) is 5.32 Å². The van der Waals surface area contributed by atoms with E-state index in [-0.39, 0.29) is 0 Å². The highest BCUT2D eigenvalue weighted by molar-refractivity contribution is 5.90. The molecule has 0 radical (unpaired) electrons. The molecule has 4 aromatic rings. The number of rotatable bonds is 4. The van der Waals surface area contributed by atoms with Gasteiger partial charge in [-0.05, 0) is 36.2 Å². The third-order valence-electron chi connectivity index (χ3n) is 4.22. The Labute approximate surface area is 146 Å². The molecule has 0 aliphatic carbocycles. The van der Waals surface area contributed by atoms with E-state index in [1.807, 2.05) is 73.1 Å². The zero-order valence-electron chi connectivity index (χ0n) is 14.0. The Hall–Kier alpha value is -3.27. The number of aryl methyl sites for hydroxylation is 1. The van der Waals surface area contributed by atoms with E-state index in [9.17, 15) is 0 Å². The number of para-hydroxylation sites is 1. The molecule has 0 unspecified atom stereocenters. The fourth-order valence-corrected chi connectivity index (χ4v) is 2.81. The minimum atomic E-state index is 0.698. The Balaban J connectivity index is 1.75. The summed E-state index contributed by atoms with van der Waals surface area (Å²) in [5.74, 6) is 1.58. The molecule has 4 rings (SSSR count). The van der Waals surface area contributed by atoms with Crippen molar-refractivity contribution in [3.05, 3.63) is 84.2 Å². The van der Waals surface area contributed by atoms with Gasteiger partial charge in [0.2, 0.25) is 0 Å². The van der Waals surface area contributed by atoms with Gasteiger partial charge in [-0.3, -0.25) is 4.98 Å². The maximum atomic E-state index is 4.78. The third kappa shape index (κ3) is 3.19. The van der Waals surface area contributed by atoms with Gasteiger partial charge in [0.25, 0.3) is 0 Å². The number of aromatic nitrogens is 3. The van der Waals surface area contributed by atoms with E-state index in [1.165, 1.54) is 5.56 Å². The molecule has 0 spiro atoms. The van der Waals surface area contributed by atoms with E-state index < -0.39 is 0 Å². The average molecular weight is 326 g/mol. The van der Waals surface area contributed by atoms with E-state index in [0.29, 0.717) is 6.54 Å². The molecule has 4 heteroatoms. The first-order valence-electron chi connectivity index (χ1n) is 8.27. The number of hydrogen-bond acceptors (Lipinski definition) is 4. The van der Waals surface area contributed by atoms with Crippen molar-refractivity contribution in [1.82, 2.24) is 15.0 Å². The van der Waals surface area contributed by atoms with E-state index in [0.717, 1.165) is 33.7 Å². The molecule has 0 amide bonds. The summed E-state index contributed by atoms with van der Waals surface area (Å²) in [4.78, 5) is 13.6. The van der Waals surface area contributed by atoms with Gasteiger partial charge in [0, 0.05) is 29.9 Å². The average Bonchev–Trinajstić information content (AvgIpc) is 2.67. The first-order chi connectivity index (χ1) is 12.3.